The summed E-state index contributed by atoms with van der Waals surface area (Å²) in [4.78, 5) is 24.0. The molecule has 6 heteroatoms. The van der Waals surface area contributed by atoms with E-state index in [1.54, 1.807) is 12.1 Å². The molecule has 1 saturated heterocycles. The molecule has 2 atom stereocenters. The van der Waals surface area contributed by atoms with E-state index in [-0.39, 0.29) is 17.6 Å². The van der Waals surface area contributed by atoms with Crippen LogP contribution >= 0.6 is 11.3 Å². The third kappa shape index (κ3) is 3.26. The first-order valence-electron chi connectivity index (χ1n) is 6.36. The zero-order valence-electron chi connectivity index (χ0n) is 11.4. The predicted octanol–water partition coefficient (Wildman–Crippen LogP) is 2.14. The van der Waals surface area contributed by atoms with Crippen LogP contribution in [-0.2, 0) is 9.53 Å². The Bertz CT molecular complexity index is 551. The molecule has 0 bridgehead atoms. The third-order valence-electron chi connectivity index (χ3n) is 3.53. The lowest BCUT2D eigenvalue weighted by Crippen LogP contribution is -2.50. The second-order valence-electron chi connectivity index (χ2n) is 5.01. The van der Waals surface area contributed by atoms with Gasteiger partial charge in [-0.1, -0.05) is 0 Å². The molecule has 2 unspecified atom stereocenters. The quantitative estimate of drug-likeness (QED) is 0.835. The Balaban J connectivity index is 2.05. The van der Waals surface area contributed by atoms with E-state index in [2.05, 4.69) is 5.32 Å². The number of rotatable bonds is 4. The van der Waals surface area contributed by atoms with Gasteiger partial charge in [0.15, 0.2) is 0 Å². The fourth-order valence-electron chi connectivity index (χ4n) is 2.04. The van der Waals surface area contributed by atoms with Gasteiger partial charge < -0.3 is 15.2 Å². The monoisotopic (exact) mass is 295 g/mol. The van der Waals surface area contributed by atoms with E-state index >= 15 is 0 Å². The molecule has 0 spiro atoms. The molecule has 2 heterocycles. The zero-order valence-corrected chi connectivity index (χ0v) is 12.2. The van der Waals surface area contributed by atoms with Crippen LogP contribution in [0.2, 0.25) is 0 Å². The molecular weight excluding hydrogens is 278 g/mol. The summed E-state index contributed by atoms with van der Waals surface area (Å²) in [6.07, 6.45) is 3.31. The number of aliphatic carboxylic acids is 1. The van der Waals surface area contributed by atoms with Gasteiger partial charge in [-0.05, 0) is 38.5 Å². The summed E-state index contributed by atoms with van der Waals surface area (Å²) in [7, 11) is 0. The van der Waals surface area contributed by atoms with E-state index in [0.717, 1.165) is 17.4 Å². The van der Waals surface area contributed by atoms with Gasteiger partial charge >= 0.3 is 5.97 Å². The van der Waals surface area contributed by atoms with Crippen molar-refractivity contribution in [2.45, 2.75) is 31.9 Å². The Morgan fingerprint density at radius 1 is 1.55 bits per heavy atom. The van der Waals surface area contributed by atoms with Gasteiger partial charge in [0, 0.05) is 17.6 Å². The number of thiophene rings is 1. The highest BCUT2D eigenvalue weighted by atomic mass is 32.1. The van der Waals surface area contributed by atoms with E-state index in [1.807, 2.05) is 13.8 Å². The van der Waals surface area contributed by atoms with E-state index in [1.165, 1.54) is 17.4 Å². The molecule has 0 radical (unpaired) electrons. The molecule has 1 aromatic heterocycles. The van der Waals surface area contributed by atoms with Crippen LogP contribution in [0.4, 0.5) is 0 Å². The first-order chi connectivity index (χ1) is 9.40. The fraction of sp³-hybridized carbons (Fsp3) is 0.429. The van der Waals surface area contributed by atoms with Crippen LogP contribution in [0, 0.1) is 0 Å². The molecule has 5 nitrogen and oxygen atoms in total. The highest BCUT2D eigenvalue weighted by molar-refractivity contribution is 7.14. The van der Waals surface area contributed by atoms with Crippen LogP contribution in [0.1, 0.15) is 34.8 Å². The van der Waals surface area contributed by atoms with Crippen LogP contribution in [-0.4, -0.2) is 35.2 Å². The minimum Gasteiger partial charge on any atom is -0.478 e. The Hall–Kier alpha value is -1.66. The maximum absolute atomic E-state index is 12.2. The number of carboxylic acids is 1. The lowest BCUT2D eigenvalue weighted by Gasteiger charge is -2.28. The summed E-state index contributed by atoms with van der Waals surface area (Å²) in [6.45, 7) is 4.57. The molecule has 2 N–H and O–H groups in total. The molecule has 20 heavy (non-hydrogen) atoms. The van der Waals surface area contributed by atoms with Gasteiger partial charge in [0.2, 0.25) is 0 Å². The molecule has 0 saturated carbocycles. The standard InChI is InChI=1S/C14H17NO4S/c1-9-14(2,7-8-19-9)15-13(18)11-5-3-10(20-11)4-6-12(16)17/h3-6,9H,7-8H2,1-2H3,(H,15,18)(H,16,17)/b6-4+. The first kappa shape index (κ1) is 14.7. The Morgan fingerprint density at radius 3 is 2.90 bits per heavy atom. The van der Waals surface area contributed by atoms with Crippen molar-refractivity contribution in [3.63, 3.8) is 0 Å². The van der Waals surface area contributed by atoms with Gasteiger partial charge in [-0.25, -0.2) is 4.79 Å². The summed E-state index contributed by atoms with van der Waals surface area (Å²) in [5.74, 6) is -1.15. The molecule has 0 aromatic carbocycles. The fourth-order valence-corrected chi connectivity index (χ4v) is 2.84. The van der Waals surface area contributed by atoms with Crippen molar-refractivity contribution in [1.29, 1.82) is 0 Å². The van der Waals surface area contributed by atoms with Crippen molar-refractivity contribution in [2.24, 2.45) is 0 Å². The number of ether oxygens (including phenoxy) is 1. The Kier molecular flexibility index (Phi) is 4.25. The normalized spacial score (nSPS) is 26.0. The predicted molar refractivity (Wildman–Crippen MR) is 76.9 cm³/mol. The second kappa shape index (κ2) is 5.76. The molecule has 1 aliphatic heterocycles. The van der Waals surface area contributed by atoms with Crippen molar-refractivity contribution in [2.75, 3.05) is 6.61 Å². The number of hydrogen-bond acceptors (Lipinski definition) is 4. The molecule has 1 amide bonds. The Labute approximate surface area is 121 Å². The van der Waals surface area contributed by atoms with Crippen LogP contribution in [0.25, 0.3) is 6.08 Å². The topological polar surface area (TPSA) is 75.6 Å². The maximum Gasteiger partial charge on any atom is 0.328 e. The van der Waals surface area contributed by atoms with Crippen molar-refractivity contribution >= 4 is 29.3 Å². The second-order valence-corrected chi connectivity index (χ2v) is 6.12. The highest BCUT2D eigenvalue weighted by Gasteiger charge is 2.38. The summed E-state index contributed by atoms with van der Waals surface area (Å²) < 4.78 is 5.49. The molecule has 2 rings (SSSR count). The van der Waals surface area contributed by atoms with Gasteiger partial charge in [-0.2, -0.15) is 0 Å². The van der Waals surface area contributed by atoms with Crippen molar-refractivity contribution in [3.05, 3.63) is 28.0 Å². The number of amides is 1. The van der Waals surface area contributed by atoms with Gasteiger partial charge in [0.05, 0.1) is 16.5 Å². The average molecular weight is 295 g/mol. The zero-order chi connectivity index (χ0) is 14.8. The van der Waals surface area contributed by atoms with Crippen LogP contribution in [0.3, 0.4) is 0 Å². The largest absolute Gasteiger partial charge is 0.478 e. The van der Waals surface area contributed by atoms with Crippen LogP contribution in [0.5, 0.6) is 0 Å². The van der Waals surface area contributed by atoms with Gasteiger partial charge in [-0.15, -0.1) is 11.3 Å². The van der Waals surface area contributed by atoms with Crippen molar-refractivity contribution < 1.29 is 19.4 Å². The van der Waals surface area contributed by atoms with Gasteiger partial charge in [0.1, 0.15) is 0 Å². The minimum atomic E-state index is -1.01. The smallest absolute Gasteiger partial charge is 0.328 e. The number of carbonyl (C=O) groups is 2. The lowest BCUT2D eigenvalue weighted by atomic mass is 9.94. The highest BCUT2D eigenvalue weighted by Crippen LogP contribution is 2.26. The van der Waals surface area contributed by atoms with Gasteiger partial charge in [0.25, 0.3) is 5.91 Å². The van der Waals surface area contributed by atoms with Crippen molar-refractivity contribution in [3.8, 4) is 0 Å². The molecule has 0 aliphatic carbocycles. The third-order valence-corrected chi connectivity index (χ3v) is 4.58. The molecular formula is C14H17NO4S. The number of carboxylic acid groups (broad SMARTS) is 1. The minimum absolute atomic E-state index is 0.0159. The van der Waals surface area contributed by atoms with E-state index < -0.39 is 5.97 Å². The SMILES string of the molecule is CC1OCCC1(C)NC(=O)c1ccc(/C=C/C(=O)O)s1. The van der Waals surface area contributed by atoms with E-state index in [4.69, 9.17) is 9.84 Å². The molecule has 1 aromatic rings. The number of carbonyl (C=O) groups excluding carboxylic acids is 1. The van der Waals surface area contributed by atoms with E-state index in [9.17, 15) is 9.59 Å². The van der Waals surface area contributed by atoms with Crippen molar-refractivity contribution in [1.82, 2.24) is 5.32 Å². The van der Waals surface area contributed by atoms with E-state index in [0.29, 0.717) is 11.5 Å². The number of hydrogen-bond donors (Lipinski definition) is 2. The average Bonchev–Trinajstić information content (AvgIpc) is 2.95. The molecule has 108 valence electrons. The first-order valence-corrected chi connectivity index (χ1v) is 7.17. The summed E-state index contributed by atoms with van der Waals surface area (Å²) >= 11 is 1.26. The molecule has 1 aliphatic rings. The maximum atomic E-state index is 12.2. The lowest BCUT2D eigenvalue weighted by molar-refractivity contribution is -0.131. The van der Waals surface area contributed by atoms with Gasteiger partial charge in [-0.3, -0.25) is 4.79 Å². The van der Waals surface area contributed by atoms with Crippen LogP contribution in [0.15, 0.2) is 18.2 Å². The summed E-state index contributed by atoms with van der Waals surface area (Å²) in [6, 6.07) is 3.43. The molecule has 1 fully saturated rings. The number of nitrogens with one attached hydrogen (secondary N) is 1. The van der Waals surface area contributed by atoms with Crippen LogP contribution < -0.4 is 5.32 Å². The summed E-state index contributed by atoms with van der Waals surface area (Å²) in [5, 5.41) is 11.6. The Morgan fingerprint density at radius 2 is 2.30 bits per heavy atom. The summed E-state index contributed by atoms with van der Waals surface area (Å²) in [5.41, 5.74) is -0.349.